The van der Waals surface area contributed by atoms with E-state index in [-0.39, 0.29) is 18.4 Å². The average Bonchev–Trinajstić information content (AvgIpc) is 2.19. The molecule has 1 aliphatic heterocycles. The highest BCUT2D eigenvalue weighted by Crippen LogP contribution is 2.07. The highest BCUT2D eigenvalue weighted by Gasteiger charge is 2.25. The molecule has 1 fully saturated rings. The largest absolute Gasteiger partial charge is 0.339 e. The van der Waals surface area contributed by atoms with Gasteiger partial charge in [0.2, 0.25) is 11.8 Å². The first-order chi connectivity index (χ1) is 7.04. The SMILES string of the molecule is C=CC(=O)N1CCN(CC(C)C)C(=O)C1. The van der Waals surface area contributed by atoms with Gasteiger partial charge in [-0.2, -0.15) is 0 Å². The highest BCUT2D eigenvalue weighted by atomic mass is 16.2. The summed E-state index contributed by atoms with van der Waals surface area (Å²) in [5, 5.41) is 0. The standard InChI is InChI=1S/C11H18N2O2/c1-4-10(14)13-6-5-12(7-9(2)3)11(15)8-13/h4,9H,1,5-8H2,2-3H3. The monoisotopic (exact) mass is 210 g/mol. The summed E-state index contributed by atoms with van der Waals surface area (Å²) in [5.41, 5.74) is 0. The van der Waals surface area contributed by atoms with Crippen molar-refractivity contribution in [1.29, 1.82) is 0 Å². The average molecular weight is 210 g/mol. The smallest absolute Gasteiger partial charge is 0.246 e. The Balaban J connectivity index is 2.51. The van der Waals surface area contributed by atoms with Gasteiger partial charge in [-0.05, 0) is 12.0 Å². The van der Waals surface area contributed by atoms with E-state index in [0.29, 0.717) is 19.0 Å². The first kappa shape index (κ1) is 11.8. The molecule has 0 aromatic carbocycles. The van der Waals surface area contributed by atoms with Gasteiger partial charge in [-0.25, -0.2) is 0 Å². The van der Waals surface area contributed by atoms with Crippen LogP contribution in [0, 0.1) is 5.92 Å². The number of nitrogens with zero attached hydrogens (tertiary/aromatic N) is 2. The van der Waals surface area contributed by atoms with E-state index in [4.69, 9.17) is 0 Å². The molecule has 0 saturated carbocycles. The number of hydrogen-bond acceptors (Lipinski definition) is 2. The van der Waals surface area contributed by atoms with Gasteiger partial charge in [0, 0.05) is 19.6 Å². The zero-order valence-electron chi connectivity index (χ0n) is 9.40. The summed E-state index contributed by atoms with van der Waals surface area (Å²) in [7, 11) is 0. The third kappa shape index (κ3) is 3.08. The Kier molecular flexibility index (Phi) is 3.88. The molecule has 0 aliphatic carbocycles. The van der Waals surface area contributed by atoms with Crippen LogP contribution >= 0.6 is 0 Å². The maximum atomic E-state index is 11.7. The molecule has 1 rings (SSSR count). The van der Waals surface area contributed by atoms with E-state index in [1.54, 1.807) is 0 Å². The van der Waals surface area contributed by atoms with Crippen LogP contribution in [0.15, 0.2) is 12.7 Å². The van der Waals surface area contributed by atoms with Crippen LogP contribution in [0.25, 0.3) is 0 Å². The fourth-order valence-corrected chi connectivity index (χ4v) is 1.66. The minimum absolute atomic E-state index is 0.0325. The van der Waals surface area contributed by atoms with Crippen LogP contribution in [0.2, 0.25) is 0 Å². The van der Waals surface area contributed by atoms with Crippen LogP contribution in [0.1, 0.15) is 13.8 Å². The molecular weight excluding hydrogens is 192 g/mol. The number of carbonyl (C=O) groups is 2. The molecule has 0 radical (unpaired) electrons. The van der Waals surface area contributed by atoms with Crippen LogP contribution in [0.4, 0.5) is 0 Å². The Hall–Kier alpha value is -1.32. The van der Waals surface area contributed by atoms with Crippen LogP contribution < -0.4 is 0 Å². The van der Waals surface area contributed by atoms with E-state index in [9.17, 15) is 9.59 Å². The lowest BCUT2D eigenvalue weighted by Crippen LogP contribution is -2.52. The van der Waals surface area contributed by atoms with E-state index >= 15 is 0 Å². The summed E-state index contributed by atoms with van der Waals surface area (Å²) in [4.78, 5) is 26.3. The van der Waals surface area contributed by atoms with Gasteiger partial charge in [-0.3, -0.25) is 9.59 Å². The van der Waals surface area contributed by atoms with Crippen LogP contribution in [-0.4, -0.2) is 47.8 Å². The maximum absolute atomic E-state index is 11.7. The molecule has 0 spiro atoms. The molecule has 0 bridgehead atoms. The van der Waals surface area contributed by atoms with Crippen molar-refractivity contribution in [2.45, 2.75) is 13.8 Å². The van der Waals surface area contributed by atoms with E-state index < -0.39 is 0 Å². The predicted molar refractivity (Wildman–Crippen MR) is 58.2 cm³/mol. The molecule has 2 amide bonds. The first-order valence-electron chi connectivity index (χ1n) is 5.23. The Labute approximate surface area is 90.5 Å². The van der Waals surface area contributed by atoms with E-state index in [0.717, 1.165) is 6.54 Å². The van der Waals surface area contributed by atoms with Crippen molar-refractivity contribution in [3.05, 3.63) is 12.7 Å². The van der Waals surface area contributed by atoms with Crippen molar-refractivity contribution in [1.82, 2.24) is 9.80 Å². The summed E-state index contributed by atoms with van der Waals surface area (Å²) in [6.45, 7) is 9.78. The van der Waals surface area contributed by atoms with E-state index in [1.165, 1.54) is 11.0 Å². The molecule has 4 nitrogen and oxygen atoms in total. The topological polar surface area (TPSA) is 40.6 Å². The zero-order valence-corrected chi connectivity index (χ0v) is 9.40. The third-order valence-corrected chi connectivity index (χ3v) is 2.39. The molecule has 1 aliphatic rings. The van der Waals surface area contributed by atoms with Gasteiger partial charge in [0.05, 0.1) is 0 Å². The van der Waals surface area contributed by atoms with Crippen molar-refractivity contribution in [3.63, 3.8) is 0 Å². The lowest BCUT2D eigenvalue weighted by Gasteiger charge is -2.34. The molecule has 0 N–H and O–H groups in total. The summed E-state index contributed by atoms with van der Waals surface area (Å²) < 4.78 is 0. The van der Waals surface area contributed by atoms with Gasteiger partial charge in [0.1, 0.15) is 6.54 Å². The van der Waals surface area contributed by atoms with Crippen molar-refractivity contribution in [2.24, 2.45) is 5.92 Å². The summed E-state index contributed by atoms with van der Waals surface area (Å²) in [6, 6.07) is 0. The first-order valence-corrected chi connectivity index (χ1v) is 5.23. The van der Waals surface area contributed by atoms with Crippen LogP contribution in [0.5, 0.6) is 0 Å². The zero-order chi connectivity index (χ0) is 11.4. The molecule has 0 atom stereocenters. The van der Waals surface area contributed by atoms with Gasteiger partial charge in [0.25, 0.3) is 0 Å². The molecular formula is C11H18N2O2. The summed E-state index contributed by atoms with van der Waals surface area (Å²) in [6.07, 6.45) is 1.26. The lowest BCUT2D eigenvalue weighted by atomic mass is 10.2. The third-order valence-electron chi connectivity index (χ3n) is 2.39. The Morgan fingerprint density at radius 1 is 1.53 bits per heavy atom. The normalized spacial score (nSPS) is 17.1. The molecule has 84 valence electrons. The molecule has 0 aromatic heterocycles. The van der Waals surface area contributed by atoms with Crippen molar-refractivity contribution in [3.8, 4) is 0 Å². The van der Waals surface area contributed by atoms with Gasteiger partial charge in [-0.15, -0.1) is 0 Å². The minimum atomic E-state index is -0.160. The highest BCUT2D eigenvalue weighted by molar-refractivity contribution is 5.91. The molecule has 1 saturated heterocycles. The van der Waals surface area contributed by atoms with Crippen LogP contribution in [-0.2, 0) is 9.59 Å². The Morgan fingerprint density at radius 2 is 2.20 bits per heavy atom. The molecule has 0 aromatic rings. The fraction of sp³-hybridized carbons (Fsp3) is 0.636. The minimum Gasteiger partial charge on any atom is -0.339 e. The van der Waals surface area contributed by atoms with E-state index in [2.05, 4.69) is 20.4 Å². The van der Waals surface area contributed by atoms with Gasteiger partial charge < -0.3 is 9.80 Å². The predicted octanol–water partition coefficient (Wildman–Crippen LogP) is 0.499. The second-order valence-electron chi connectivity index (χ2n) is 4.20. The number of piperazine rings is 1. The molecule has 4 heteroatoms. The fourth-order valence-electron chi connectivity index (χ4n) is 1.66. The molecule has 15 heavy (non-hydrogen) atoms. The van der Waals surface area contributed by atoms with E-state index in [1.807, 2.05) is 4.90 Å². The van der Waals surface area contributed by atoms with Crippen molar-refractivity contribution < 1.29 is 9.59 Å². The van der Waals surface area contributed by atoms with Gasteiger partial charge in [-0.1, -0.05) is 20.4 Å². The van der Waals surface area contributed by atoms with Gasteiger partial charge in [0.15, 0.2) is 0 Å². The number of carbonyl (C=O) groups excluding carboxylic acids is 2. The quantitative estimate of drug-likeness (QED) is 0.636. The maximum Gasteiger partial charge on any atom is 0.246 e. The summed E-state index contributed by atoms with van der Waals surface area (Å²) in [5.74, 6) is 0.341. The second kappa shape index (κ2) is 4.96. The Bertz CT molecular complexity index is 274. The summed E-state index contributed by atoms with van der Waals surface area (Å²) >= 11 is 0. The lowest BCUT2D eigenvalue weighted by molar-refractivity contribution is -0.143. The molecule has 1 heterocycles. The number of amides is 2. The number of hydrogen-bond donors (Lipinski definition) is 0. The van der Waals surface area contributed by atoms with Crippen molar-refractivity contribution in [2.75, 3.05) is 26.2 Å². The second-order valence-corrected chi connectivity index (χ2v) is 4.20. The van der Waals surface area contributed by atoms with Gasteiger partial charge >= 0.3 is 0 Å². The number of rotatable bonds is 3. The molecule has 0 unspecified atom stereocenters. The van der Waals surface area contributed by atoms with Crippen LogP contribution in [0.3, 0.4) is 0 Å². The Morgan fingerprint density at radius 3 is 2.67 bits per heavy atom. The van der Waals surface area contributed by atoms with Crippen molar-refractivity contribution >= 4 is 11.8 Å².